The maximum Gasteiger partial charge on any atom is 0.131 e. The molecule has 0 saturated heterocycles. The fraction of sp³-hybridized carbons (Fsp3) is 0.214. The Kier molecular flexibility index (Phi) is 4.27. The number of aliphatic hydroxyl groups is 1. The molecule has 1 atom stereocenters. The zero-order chi connectivity index (χ0) is 14.0. The van der Waals surface area contributed by atoms with Crippen molar-refractivity contribution in [2.45, 2.75) is 19.4 Å². The summed E-state index contributed by atoms with van der Waals surface area (Å²) in [5, 5.41) is 10.0. The second kappa shape index (κ2) is 5.75. The number of halogens is 3. The van der Waals surface area contributed by atoms with E-state index in [-0.39, 0.29) is 12.0 Å². The van der Waals surface area contributed by atoms with Crippen LogP contribution in [0.4, 0.5) is 8.78 Å². The minimum atomic E-state index is -1.05. The summed E-state index contributed by atoms with van der Waals surface area (Å²) in [6.07, 6.45) is 0.733. The van der Waals surface area contributed by atoms with E-state index in [1.165, 1.54) is 13.0 Å². The highest BCUT2D eigenvalue weighted by molar-refractivity contribution is 9.10. The number of aryl methyl sites for hydroxylation is 1. The lowest BCUT2D eigenvalue weighted by Crippen LogP contribution is -2.07. The number of nitrogens with zero attached hydrogens (tertiary/aromatic N) is 1. The van der Waals surface area contributed by atoms with Gasteiger partial charge in [0.1, 0.15) is 11.6 Å². The van der Waals surface area contributed by atoms with Gasteiger partial charge in [0.05, 0.1) is 6.10 Å². The van der Waals surface area contributed by atoms with Crippen molar-refractivity contribution in [3.8, 4) is 0 Å². The molecule has 2 rings (SSSR count). The van der Waals surface area contributed by atoms with E-state index >= 15 is 0 Å². The Hall–Kier alpha value is -1.33. The number of aromatic nitrogens is 1. The molecule has 0 radical (unpaired) electrons. The van der Waals surface area contributed by atoms with Gasteiger partial charge in [0.15, 0.2) is 0 Å². The summed E-state index contributed by atoms with van der Waals surface area (Å²) >= 11 is 3.26. The summed E-state index contributed by atoms with van der Waals surface area (Å²) in [6.45, 7) is 1.53. The molecule has 1 aromatic heterocycles. The second-order valence-electron chi connectivity index (χ2n) is 4.31. The van der Waals surface area contributed by atoms with Gasteiger partial charge in [0.25, 0.3) is 0 Å². The van der Waals surface area contributed by atoms with E-state index in [9.17, 15) is 13.9 Å². The number of benzene rings is 1. The monoisotopic (exact) mass is 327 g/mol. The van der Waals surface area contributed by atoms with Crippen LogP contribution in [0.25, 0.3) is 0 Å². The predicted molar refractivity (Wildman–Crippen MR) is 71.7 cm³/mol. The normalized spacial score (nSPS) is 12.5. The number of hydrogen-bond acceptors (Lipinski definition) is 2. The van der Waals surface area contributed by atoms with Gasteiger partial charge in [-0.1, -0.05) is 0 Å². The van der Waals surface area contributed by atoms with E-state index in [2.05, 4.69) is 20.9 Å². The first-order valence-corrected chi connectivity index (χ1v) is 6.50. The molecule has 1 heterocycles. The molecule has 0 amide bonds. The lowest BCUT2D eigenvalue weighted by atomic mass is 10.0. The Labute approximate surface area is 118 Å². The summed E-state index contributed by atoms with van der Waals surface area (Å²) in [5.74, 6) is -1.36. The summed E-state index contributed by atoms with van der Waals surface area (Å²) in [4.78, 5) is 4.11. The van der Waals surface area contributed by atoms with Crippen LogP contribution >= 0.6 is 15.9 Å². The first-order valence-electron chi connectivity index (χ1n) is 5.71. The molecule has 19 heavy (non-hydrogen) atoms. The van der Waals surface area contributed by atoms with Crippen LogP contribution in [0.3, 0.4) is 0 Å². The number of aliphatic hydroxyl groups excluding tert-OH is 1. The molecule has 0 spiro atoms. The molecule has 0 bridgehead atoms. The Bertz CT molecular complexity index is 587. The molecular formula is C14H12BrF2NO. The Balaban J connectivity index is 2.22. The van der Waals surface area contributed by atoms with Gasteiger partial charge >= 0.3 is 0 Å². The second-order valence-corrected chi connectivity index (χ2v) is 5.23. The Morgan fingerprint density at radius 1 is 1.26 bits per heavy atom. The van der Waals surface area contributed by atoms with Crippen LogP contribution in [-0.2, 0) is 6.42 Å². The fourth-order valence-electron chi connectivity index (χ4n) is 1.77. The van der Waals surface area contributed by atoms with Gasteiger partial charge in [-0.15, -0.1) is 0 Å². The lowest BCUT2D eigenvalue weighted by molar-refractivity contribution is 0.172. The van der Waals surface area contributed by atoms with Crippen molar-refractivity contribution >= 4 is 15.9 Å². The minimum absolute atomic E-state index is 0.0867. The average Bonchev–Trinajstić information content (AvgIpc) is 2.36. The smallest absolute Gasteiger partial charge is 0.131 e. The summed E-state index contributed by atoms with van der Waals surface area (Å²) < 4.78 is 27.6. The molecule has 2 aromatic rings. The summed E-state index contributed by atoms with van der Waals surface area (Å²) in [6, 6.07) is 5.65. The summed E-state index contributed by atoms with van der Waals surface area (Å²) in [5.41, 5.74) is 1.03. The highest BCUT2D eigenvalue weighted by atomic mass is 79.9. The highest BCUT2D eigenvalue weighted by Gasteiger charge is 2.16. The zero-order valence-corrected chi connectivity index (χ0v) is 11.8. The van der Waals surface area contributed by atoms with Crippen molar-refractivity contribution in [1.82, 2.24) is 4.98 Å². The molecule has 1 aromatic carbocycles. The topological polar surface area (TPSA) is 33.1 Å². The van der Waals surface area contributed by atoms with Crippen LogP contribution in [0, 0.1) is 18.6 Å². The highest BCUT2D eigenvalue weighted by Crippen LogP contribution is 2.23. The molecule has 1 N–H and O–H groups in total. The molecule has 0 aliphatic rings. The van der Waals surface area contributed by atoms with Gasteiger partial charge < -0.3 is 5.11 Å². The van der Waals surface area contributed by atoms with Gasteiger partial charge in [-0.05, 0) is 46.6 Å². The van der Waals surface area contributed by atoms with Crippen molar-refractivity contribution in [3.63, 3.8) is 0 Å². The zero-order valence-electron chi connectivity index (χ0n) is 10.2. The molecule has 1 unspecified atom stereocenters. The van der Waals surface area contributed by atoms with Gasteiger partial charge in [-0.2, -0.15) is 0 Å². The standard InChI is InChI=1S/C14H12BrF2NO/c1-8-4-11(13(17)6-12(8)16)14(19)5-10-3-2-9(15)7-18-10/h2-4,6-7,14,19H,5H2,1H3. The Morgan fingerprint density at radius 3 is 2.63 bits per heavy atom. The van der Waals surface area contributed by atoms with Gasteiger partial charge in [-0.3, -0.25) is 4.98 Å². The molecule has 0 aliphatic carbocycles. The molecule has 0 saturated carbocycles. The van der Waals surface area contributed by atoms with Crippen LogP contribution in [0.1, 0.15) is 22.9 Å². The third-order valence-corrected chi connectivity index (χ3v) is 3.30. The predicted octanol–water partition coefficient (Wildman–Crippen LogP) is 3.71. The summed E-state index contributed by atoms with van der Waals surface area (Å²) in [7, 11) is 0. The fourth-order valence-corrected chi connectivity index (χ4v) is 2.00. The van der Waals surface area contributed by atoms with Crippen LogP contribution in [0.15, 0.2) is 34.9 Å². The third-order valence-electron chi connectivity index (χ3n) is 2.83. The maximum atomic E-state index is 13.6. The van der Waals surface area contributed by atoms with E-state index in [1.807, 2.05) is 0 Å². The third kappa shape index (κ3) is 3.36. The van der Waals surface area contributed by atoms with Crippen molar-refractivity contribution < 1.29 is 13.9 Å². The SMILES string of the molecule is Cc1cc(C(O)Cc2ccc(Br)cn2)c(F)cc1F. The van der Waals surface area contributed by atoms with Crippen LogP contribution in [0.5, 0.6) is 0 Å². The molecule has 100 valence electrons. The van der Waals surface area contributed by atoms with Gasteiger partial charge in [0, 0.05) is 34.4 Å². The largest absolute Gasteiger partial charge is 0.388 e. The number of pyridine rings is 1. The Morgan fingerprint density at radius 2 is 2.00 bits per heavy atom. The lowest BCUT2D eigenvalue weighted by Gasteiger charge is -2.13. The molecule has 2 nitrogen and oxygen atoms in total. The molecule has 0 aliphatic heterocycles. The maximum absolute atomic E-state index is 13.6. The van der Waals surface area contributed by atoms with Crippen molar-refractivity contribution in [3.05, 3.63) is 63.4 Å². The van der Waals surface area contributed by atoms with Crippen molar-refractivity contribution in [2.24, 2.45) is 0 Å². The molecule has 0 fully saturated rings. The van der Waals surface area contributed by atoms with Crippen molar-refractivity contribution in [2.75, 3.05) is 0 Å². The van der Waals surface area contributed by atoms with E-state index in [0.29, 0.717) is 11.3 Å². The van der Waals surface area contributed by atoms with Crippen molar-refractivity contribution in [1.29, 1.82) is 0 Å². The quantitative estimate of drug-likeness (QED) is 0.932. The minimum Gasteiger partial charge on any atom is -0.388 e. The van der Waals surface area contributed by atoms with Crippen LogP contribution in [0.2, 0.25) is 0 Å². The average molecular weight is 328 g/mol. The van der Waals surface area contributed by atoms with E-state index in [4.69, 9.17) is 0 Å². The first-order chi connectivity index (χ1) is 8.97. The molecular weight excluding hydrogens is 316 g/mol. The van der Waals surface area contributed by atoms with Crippen LogP contribution in [-0.4, -0.2) is 10.1 Å². The first kappa shape index (κ1) is 14.1. The van der Waals surface area contributed by atoms with Gasteiger partial charge in [-0.25, -0.2) is 8.78 Å². The number of hydrogen-bond donors (Lipinski definition) is 1. The van der Waals surface area contributed by atoms with Gasteiger partial charge in [0.2, 0.25) is 0 Å². The van der Waals surface area contributed by atoms with E-state index in [0.717, 1.165) is 10.5 Å². The number of rotatable bonds is 3. The van der Waals surface area contributed by atoms with Crippen LogP contribution < -0.4 is 0 Å². The molecule has 5 heteroatoms. The van der Waals surface area contributed by atoms with E-state index < -0.39 is 17.7 Å². The van der Waals surface area contributed by atoms with E-state index in [1.54, 1.807) is 18.3 Å².